The molecule has 2 rings (SSSR count). The number of hydrogen-bond donors (Lipinski definition) is 0. The Morgan fingerprint density at radius 1 is 0.947 bits per heavy atom. The zero-order valence-electron chi connectivity index (χ0n) is 11.0. The summed E-state index contributed by atoms with van der Waals surface area (Å²) in [6.45, 7) is 3.89. The monoisotopic (exact) mass is 256 g/mol. The van der Waals surface area contributed by atoms with Crippen molar-refractivity contribution in [1.82, 2.24) is 0 Å². The Balaban J connectivity index is 2.09. The summed E-state index contributed by atoms with van der Waals surface area (Å²) in [6.07, 6.45) is 0.0834. The van der Waals surface area contributed by atoms with Crippen LogP contribution in [0, 0.1) is 0 Å². The van der Waals surface area contributed by atoms with Gasteiger partial charge in [0, 0.05) is 6.07 Å². The van der Waals surface area contributed by atoms with E-state index in [4.69, 9.17) is 9.47 Å². The van der Waals surface area contributed by atoms with Crippen LogP contribution in [0.5, 0.6) is 11.5 Å². The molecule has 0 saturated heterocycles. The van der Waals surface area contributed by atoms with Gasteiger partial charge in [0.1, 0.15) is 11.5 Å². The van der Waals surface area contributed by atoms with Crippen LogP contribution < -0.4 is 9.47 Å². The molecule has 0 bridgehead atoms. The maximum absolute atomic E-state index is 11.9. The minimum atomic E-state index is -0.373. The van der Waals surface area contributed by atoms with Gasteiger partial charge in [0.05, 0.1) is 11.7 Å². The smallest absolute Gasteiger partial charge is 0.343 e. The van der Waals surface area contributed by atoms with E-state index in [1.54, 1.807) is 42.5 Å². The van der Waals surface area contributed by atoms with Crippen LogP contribution in [-0.4, -0.2) is 12.1 Å². The van der Waals surface area contributed by atoms with Gasteiger partial charge < -0.3 is 9.47 Å². The second-order valence-corrected chi connectivity index (χ2v) is 4.40. The highest BCUT2D eigenvalue weighted by molar-refractivity contribution is 5.90. The van der Waals surface area contributed by atoms with Gasteiger partial charge in [-0.1, -0.05) is 24.3 Å². The van der Waals surface area contributed by atoms with Crippen molar-refractivity contribution in [2.24, 2.45) is 0 Å². The van der Waals surface area contributed by atoms with Crippen molar-refractivity contribution in [2.75, 3.05) is 0 Å². The summed E-state index contributed by atoms with van der Waals surface area (Å²) in [5.74, 6) is 0.794. The van der Waals surface area contributed by atoms with E-state index in [-0.39, 0.29) is 12.1 Å². The van der Waals surface area contributed by atoms with Crippen molar-refractivity contribution < 1.29 is 14.3 Å². The number of hydrogen-bond acceptors (Lipinski definition) is 3. The van der Waals surface area contributed by atoms with Gasteiger partial charge in [-0.25, -0.2) is 4.79 Å². The molecule has 0 radical (unpaired) electrons. The minimum absolute atomic E-state index is 0.0834. The van der Waals surface area contributed by atoms with E-state index in [1.165, 1.54) is 0 Å². The second-order valence-electron chi connectivity index (χ2n) is 4.40. The number of rotatable bonds is 4. The van der Waals surface area contributed by atoms with Gasteiger partial charge in [-0.2, -0.15) is 0 Å². The lowest BCUT2D eigenvalue weighted by atomic mass is 10.2. The third-order valence-corrected chi connectivity index (χ3v) is 2.40. The number of carbonyl (C=O) groups excluding carboxylic acids is 1. The number of esters is 1. The molecule has 0 aliphatic heterocycles. The van der Waals surface area contributed by atoms with Crippen molar-refractivity contribution in [3.8, 4) is 11.5 Å². The zero-order chi connectivity index (χ0) is 13.7. The fourth-order valence-corrected chi connectivity index (χ4v) is 1.62. The number of ether oxygens (including phenoxy) is 2. The summed E-state index contributed by atoms with van der Waals surface area (Å²) in [4.78, 5) is 11.9. The summed E-state index contributed by atoms with van der Waals surface area (Å²) in [6, 6.07) is 16.0. The summed E-state index contributed by atoms with van der Waals surface area (Å²) < 4.78 is 10.9. The maximum Gasteiger partial charge on any atom is 0.343 e. The minimum Gasteiger partial charge on any atom is -0.491 e. The molecule has 2 aromatic rings. The molecule has 0 aliphatic carbocycles. The average Bonchev–Trinajstić information content (AvgIpc) is 2.39. The molecule has 0 amide bonds. The van der Waals surface area contributed by atoms with Crippen LogP contribution in [0.4, 0.5) is 0 Å². The lowest BCUT2D eigenvalue weighted by Gasteiger charge is -2.11. The molecular formula is C16H16O3. The Morgan fingerprint density at radius 2 is 1.63 bits per heavy atom. The highest BCUT2D eigenvalue weighted by Crippen LogP contribution is 2.21. The first kappa shape index (κ1) is 13.1. The van der Waals surface area contributed by atoms with E-state index in [9.17, 15) is 4.79 Å². The summed E-state index contributed by atoms with van der Waals surface area (Å²) in [7, 11) is 0. The van der Waals surface area contributed by atoms with Gasteiger partial charge in [0.15, 0.2) is 0 Å². The lowest BCUT2D eigenvalue weighted by Crippen LogP contribution is -2.09. The van der Waals surface area contributed by atoms with E-state index >= 15 is 0 Å². The molecule has 2 aromatic carbocycles. The van der Waals surface area contributed by atoms with Gasteiger partial charge in [-0.05, 0) is 38.1 Å². The zero-order valence-corrected chi connectivity index (χ0v) is 11.0. The van der Waals surface area contributed by atoms with Gasteiger partial charge in [0.25, 0.3) is 0 Å². The highest BCUT2D eigenvalue weighted by Gasteiger charge is 2.08. The number of benzene rings is 2. The quantitative estimate of drug-likeness (QED) is 0.618. The van der Waals surface area contributed by atoms with E-state index in [2.05, 4.69) is 0 Å². The summed E-state index contributed by atoms with van der Waals surface area (Å²) in [5, 5.41) is 0. The van der Waals surface area contributed by atoms with Crippen LogP contribution in [0.25, 0.3) is 0 Å². The van der Waals surface area contributed by atoms with E-state index in [1.807, 2.05) is 26.0 Å². The predicted molar refractivity (Wildman–Crippen MR) is 73.6 cm³/mol. The van der Waals surface area contributed by atoms with Crippen LogP contribution in [0.3, 0.4) is 0 Å². The Labute approximate surface area is 112 Å². The Kier molecular flexibility index (Phi) is 4.18. The van der Waals surface area contributed by atoms with Crippen molar-refractivity contribution in [3.63, 3.8) is 0 Å². The first-order valence-electron chi connectivity index (χ1n) is 6.19. The van der Waals surface area contributed by atoms with Gasteiger partial charge in [-0.3, -0.25) is 0 Å². The molecule has 0 atom stereocenters. The fraction of sp³-hybridized carbons (Fsp3) is 0.188. The van der Waals surface area contributed by atoms with Gasteiger partial charge in [0.2, 0.25) is 0 Å². The summed E-state index contributed by atoms with van der Waals surface area (Å²) in [5.41, 5.74) is 0.526. The molecule has 0 fully saturated rings. The average molecular weight is 256 g/mol. The second kappa shape index (κ2) is 6.05. The molecule has 0 saturated carbocycles. The molecule has 3 heteroatoms. The first-order valence-corrected chi connectivity index (χ1v) is 6.19. The largest absolute Gasteiger partial charge is 0.491 e. The van der Waals surface area contributed by atoms with E-state index in [0.717, 1.165) is 0 Å². The van der Waals surface area contributed by atoms with Crippen LogP contribution >= 0.6 is 0 Å². The normalized spacial score (nSPS) is 10.3. The molecule has 0 unspecified atom stereocenters. The van der Waals surface area contributed by atoms with Crippen LogP contribution in [0.2, 0.25) is 0 Å². The summed E-state index contributed by atoms with van der Waals surface area (Å²) >= 11 is 0. The number of carbonyl (C=O) groups is 1. The molecule has 0 N–H and O–H groups in total. The standard InChI is InChI=1S/C16H16O3/c1-12(2)18-14-9-6-10-15(11-14)19-16(17)13-7-4-3-5-8-13/h3-12H,1-2H3. The lowest BCUT2D eigenvalue weighted by molar-refractivity contribution is 0.0734. The van der Waals surface area contributed by atoms with Crippen molar-refractivity contribution in [1.29, 1.82) is 0 Å². The van der Waals surface area contributed by atoms with Crippen LogP contribution in [0.1, 0.15) is 24.2 Å². The topological polar surface area (TPSA) is 35.5 Å². The SMILES string of the molecule is CC(C)Oc1cccc(OC(=O)c2ccccc2)c1. The Hall–Kier alpha value is -2.29. The van der Waals surface area contributed by atoms with Crippen LogP contribution in [-0.2, 0) is 0 Å². The Bertz CT molecular complexity index is 547. The van der Waals surface area contributed by atoms with Crippen molar-refractivity contribution in [2.45, 2.75) is 20.0 Å². The van der Waals surface area contributed by atoms with E-state index < -0.39 is 0 Å². The maximum atomic E-state index is 11.9. The molecule has 0 heterocycles. The Morgan fingerprint density at radius 3 is 2.32 bits per heavy atom. The molecule has 19 heavy (non-hydrogen) atoms. The fourth-order valence-electron chi connectivity index (χ4n) is 1.62. The molecule has 0 spiro atoms. The van der Waals surface area contributed by atoms with Crippen LogP contribution in [0.15, 0.2) is 54.6 Å². The third kappa shape index (κ3) is 3.85. The molecular weight excluding hydrogens is 240 g/mol. The van der Waals surface area contributed by atoms with Crippen molar-refractivity contribution >= 4 is 5.97 Å². The molecule has 98 valence electrons. The third-order valence-electron chi connectivity index (χ3n) is 2.40. The van der Waals surface area contributed by atoms with Gasteiger partial charge >= 0.3 is 5.97 Å². The van der Waals surface area contributed by atoms with Gasteiger partial charge in [-0.15, -0.1) is 0 Å². The highest BCUT2D eigenvalue weighted by atomic mass is 16.5. The van der Waals surface area contributed by atoms with Crippen molar-refractivity contribution in [3.05, 3.63) is 60.2 Å². The molecule has 0 aromatic heterocycles. The first-order chi connectivity index (χ1) is 9.15. The molecule has 3 nitrogen and oxygen atoms in total. The van der Waals surface area contributed by atoms with E-state index in [0.29, 0.717) is 17.1 Å². The molecule has 0 aliphatic rings. The predicted octanol–water partition coefficient (Wildman–Crippen LogP) is 3.69.